The Bertz CT molecular complexity index is 1280. The molecule has 2 heterocycles. The fourth-order valence-corrected chi connectivity index (χ4v) is 3.47. The summed E-state index contributed by atoms with van der Waals surface area (Å²) in [4.78, 5) is 21.6. The molecule has 9 heteroatoms. The summed E-state index contributed by atoms with van der Waals surface area (Å²) in [6.07, 6.45) is 1.62. The lowest BCUT2D eigenvalue weighted by Gasteiger charge is -2.14. The van der Waals surface area contributed by atoms with E-state index in [4.69, 9.17) is 23.9 Å². The van der Waals surface area contributed by atoms with E-state index in [2.05, 4.69) is 10.3 Å². The predicted octanol–water partition coefficient (Wildman–Crippen LogP) is 3.70. The maximum atomic E-state index is 12.3. The normalized spacial score (nSPS) is 10.9. The number of nitrogens with zero attached hydrogens (tertiary/aromatic N) is 3. The van der Waals surface area contributed by atoms with Crippen LogP contribution in [0.15, 0.2) is 42.6 Å². The van der Waals surface area contributed by atoms with Gasteiger partial charge in [-0.2, -0.15) is 0 Å². The minimum atomic E-state index is -0.491. The highest BCUT2D eigenvalue weighted by Crippen LogP contribution is 2.30. The zero-order valence-electron chi connectivity index (χ0n) is 18.3. The van der Waals surface area contributed by atoms with Gasteiger partial charge in [-0.1, -0.05) is 6.07 Å². The summed E-state index contributed by atoms with van der Waals surface area (Å²) >= 11 is 0. The molecule has 2 aromatic carbocycles. The number of carbonyl (C=O) groups excluding carboxylic acids is 1. The van der Waals surface area contributed by atoms with Crippen molar-refractivity contribution in [2.24, 2.45) is 0 Å². The van der Waals surface area contributed by atoms with Gasteiger partial charge in [-0.3, -0.25) is 4.40 Å². The molecule has 0 atom stereocenters. The SMILES string of the molecule is CCOC(=O)c1cn2c(NCc3ccc(OC)cc3OC)nc3c(OC)cccc3c2n1. The van der Waals surface area contributed by atoms with Crippen LogP contribution in [0.25, 0.3) is 16.6 Å². The van der Waals surface area contributed by atoms with Crippen molar-refractivity contribution in [3.63, 3.8) is 0 Å². The molecule has 0 fully saturated rings. The van der Waals surface area contributed by atoms with Gasteiger partial charge in [0.2, 0.25) is 5.95 Å². The Morgan fingerprint density at radius 3 is 2.56 bits per heavy atom. The van der Waals surface area contributed by atoms with Gasteiger partial charge in [0.15, 0.2) is 5.69 Å². The summed E-state index contributed by atoms with van der Waals surface area (Å²) < 4.78 is 23.1. The Labute approximate surface area is 184 Å². The molecule has 0 bridgehead atoms. The molecule has 0 radical (unpaired) electrons. The number of aromatic nitrogens is 3. The van der Waals surface area contributed by atoms with E-state index in [1.807, 2.05) is 36.4 Å². The summed E-state index contributed by atoms with van der Waals surface area (Å²) in [6, 6.07) is 11.2. The van der Waals surface area contributed by atoms with Gasteiger partial charge in [-0.15, -0.1) is 0 Å². The third-order valence-corrected chi connectivity index (χ3v) is 5.03. The summed E-state index contributed by atoms with van der Waals surface area (Å²) in [6.45, 7) is 2.44. The van der Waals surface area contributed by atoms with Crippen LogP contribution in [-0.4, -0.2) is 48.3 Å². The number of benzene rings is 2. The smallest absolute Gasteiger partial charge is 0.358 e. The number of rotatable bonds is 8. The summed E-state index contributed by atoms with van der Waals surface area (Å²) in [5, 5.41) is 4.08. The van der Waals surface area contributed by atoms with Crippen molar-refractivity contribution < 1.29 is 23.7 Å². The van der Waals surface area contributed by atoms with Crippen LogP contribution in [0.3, 0.4) is 0 Å². The van der Waals surface area contributed by atoms with Gasteiger partial charge >= 0.3 is 5.97 Å². The van der Waals surface area contributed by atoms with E-state index < -0.39 is 5.97 Å². The third kappa shape index (κ3) is 3.84. The second kappa shape index (κ2) is 9.01. The van der Waals surface area contributed by atoms with Crippen LogP contribution in [0.1, 0.15) is 23.0 Å². The second-order valence-electron chi connectivity index (χ2n) is 6.86. The van der Waals surface area contributed by atoms with Gasteiger partial charge in [-0.25, -0.2) is 14.8 Å². The molecule has 0 spiro atoms. The molecule has 4 rings (SSSR count). The lowest BCUT2D eigenvalue weighted by Crippen LogP contribution is -2.08. The van der Waals surface area contributed by atoms with E-state index in [1.165, 1.54) is 0 Å². The number of imidazole rings is 1. The van der Waals surface area contributed by atoms with Gasteiger partial charge < -0.3 is 24.3 Å². The Kier molecular flexibility index (Phi) is 5.98. The average Bonchev–Trinajstić information content (AvgIpc) is 3.28. The van der Waals surface area contributed by atoms with Gasteiger partial charge in [-0.05, 0) is 31.2 Å². The van der Waals surface area contributed by atoms with Crippen molar-refractivity contribution in [3.8, 4) is 17.2 Å². The maximum absolute atomic E-state index is 12.3. The molecule has 166 valence electrons. The van der Waals surface area contributed by atoms with Gasteiger partial charge in [0, 0.05) is 29.8 Å². The molecule has 1 N–H and O–H groups in total. The summed E-state index contributed by atoms with van der Waals surface area (Å²) in [7, 11) is 4.80. The van der Waals surface area contributed by atoms with Crippen LogP contribution >= 0.6 is 0 Å². The zero-order valence-corrected chi connectivity index (χ0v) is 18.3. The number of anilines is 1. The minimum Gasteiger partial charge on any atom is -0.497 e. The first-order valence-corrected chi connectivity index (χ1v) is 10.1. The van der Waals surface area contributed by atoms with E-state index >= 15 is 0 Å². The molecule has 0 unspecified atom stereocenters. The lowest BCUT2D eigenvalue weighted by molar-refractivity contribution is 0.0520. The van der Waals surface area contributed by atoms with E-state index in [0.717, 1.165) is 10.9 Å². The summed E-state index contributed by atoms with van der Waals surface area (Å²) in [5.74, 6) is 2.00. The summed E-state index contributed by atoms with van der Waals surface area (Å²) in [5.41, 5.74) is 2.32. The number of hydrogen-bond donors (Lipinski definition) is 1. The lowest BCUT2D eigenvalue weighted by atomic mass is 10.2. The number of ether oxygens (including phenoxy) is 4. The molecule has 0 amide bonds. The molecule has 0 saturated heterocycles. The molecule has 2 aromatic heterocycles. The van der Waals surface area contributed by atoms with Crippen molar-refractivity contribution in [2.75, 3.05) is 33.3 Å². The van der Waals surface area contributed by atoms with E-state index in [0.29, 0.717) is 40.9 Å². The van der Waals surface area contributed by atoms with Crippen molar-refractivity contribution >= 4 is 28.5 Å². The van der Waals surface area contributed by atoms with E-state index in [-0.39, 0.29) is 12.3 Å². The molecule has 0 aliphatic heterocycles. The fourth-order valence-electron chi connectivity index (χ4n) is 3.47. The quantitative estimate of drug-likeness (QED) is 0.418. The van der Waals surface area contributed by atoms with Crippen LogP contribution in [0, 0.1) is 0 Å². The monoisotopic (exact) mass is 436 g/mol. The van der Waals surface area contributed by atoms with E-state index in [1.54, 1.807) is 38.9 Å². The topological polar surface area (TPSA) is 96.2 Å². The number of carbonyl (C=O) groups is 1. The largest absolute Gasteiger partial charge is 0.497 e. The number of para-hydroxylation sites is 1. The fraction of sp³-hybridized carbons (Fsp3) is 0.261. The molecular weight excluding hydrogens is 412 g/mol. The molecule has 32 heavy (non-hydrogen) atoms. The van der Waals surface area contributed by atoms with Crippen molar-refractivity contribution in [1.82, 2.24) is 14.4 Å². The van der Waals surface area contributed by atoms with Crippen LogP contribution in [0.5, 0.6) is 17.2 Å². The van der Waals surface area contributed by atoms with Crippen LogP contribution in [-0.2, 0) is 11.3 Å². The highest BCUT2D eigenvalue weighted by atomic mass is 16.5. The first kappa shape index (κ1) is 21.2. The highest BCUT2D eigenvalue weighted by molar-refractivity contribution is 5.98. The standard InChI is InChI=1S/C23H24N4O5/c1-5-32-22(28)17-13-27-21(25-17)16-7-6-8-18(30-3)20(16)26-23(27)24-12-14-9-10-15(29-2)11-19(14)31-4/h6-11,13H,5,12H2,1-4H3,(H,24,26). The van der Waals surface area contributed by atoms with Crippen LogP contribution in [0.4, 0.5) is 5.95 Å². The number of methoxy groups -OCH3 is 3. The van der Waals surface area contributed by atoms with Gasteiger partial charge in [0.25, 0.3) is 0 Å². The average molecular weight is 436 g/mol. The maximum Gasteiger partial charge on any atom is 0.358 e. The number of esters is 1. The van der Waals surface area contributed by atoms with Crippen molar-refractivity contribution in [2.45, 2.75) is 13.5 Å². The molecule has 9 nitrogen and oxygen atoms in total. The van der Waals surface area contributed by atoms with Crippen molar-refractivity contribution in [1.29, 1.82) is 0 Å². The van der Waals surface area contributed by atoms with Crippen LogP contribution in [0.2, 0.25) is 0 Å². The zero-order chi connectivity index (χ0) is 22.7. The van der Waals surface area contributed by atoms with Gasteiger partial charge in [0.1, 0.15) is 28.4 Å². The third-order valence-electron chi connectivity index (χ3n) is 5.03. The van der Waals surface area contributed by atoms with E-state index in [9.17, 15) is 4.79 Å². The predicted molar refractivity (Wildman–Crippen MR) is 120 cm³/mol. The first-order chi connectivity index (χ1) is 15.6. The minimum absolute atomic E-state index is 0.203. The molecule has 4 aromatic rings. The van der Waals surface area contributed by atoms with Gasteiger partial charge in [0.05, 0.1) is 27.9 Å². The number of nitrogens with one attached hydrogen (secondary N) is 1. The van der Waals surface area contributed by atoms with Crippen LogP contribution < -0.4 is 19.5 Å². The molecule has 0 aliphatic rings. The molecule has 0 aliphatic carbocycles. The Morgan fingerprint density at radius 1 is 1.03 bits per heavy atom. The first-order valence-electron chi connectivity index (χ1n) is 10.1. The Balaban J connectivity index is 1.81. The Morgan fingerprint density at radius 2 is 1.84 bits per heavy atom. The molecular formula is C23H24N4O5. The number of hydrogen-bond acceptors (Lipinski definition) is 8. The van der Waals surface area contributed by atoms with Crippen molar-refractivity contribution in [3.05, 3.63) is 53.9 Å². The Hall–Kier alpha value is -4.01. The molecule has 0 saturated carbocycles. The second-order valence-corrected chi connectivity index (χ2v) is 6.86. The highest BCUT2D eigenvalue weighted by Gasteiger charge is 2.18. The number of fused-ring (bicyclic) bond motifs is 3.